The van der Waals surface area contributed by atoms with Crippen molar-refractivity contribution in [1.29, 1.82) is 0 Å². The lowest BCUT2D eigenvalue weighted by Crippen LogP contribution is -2.61. The minimum absolute atomic E-state index is 0.0807. The van der Waals surface area contributed by atoms with Crippen molar-refractivity contribution in [2.45, 2.75) is 95.2 Å². The zero-order valence-electron chi connectivity index (χ0n) is 26.8. The molecule has 3 aromatic rings. The molecule has 1 unspecified atom stereocenters. The van der Waals surface area contributed by atoms with Crippen molar-refractivity contribution in [2.24, 2.45) is 13.0 Å². The summed E-state index contributed by atoms with van der Waals surface area (Å²) < 4.78 is 31.1. The smallest absolute Gasteiger partial charge is 0.306 e. The molecule has 252 valence electrons. The van der Waals surface area contributed by atoms with Gasteiger partial charge in [-0.2, -0.15) is 0 Å². The summed E-state index contributed by atoms with van der Waals surface area (Å²) in [5.41, 5.74) is 1.51. The number of nitrogens with zero attached hydrogens (tertiary/aromatic N) is 2. The first-order valence-corrected chi connectivity index (χ1v) is 17.2. The number of carboxylic acid groups (broad SMARTS) is 1. The van der Waals surface area contributed by atoms with E-state index in [1.165, 1.54) is 6.07 Å². The van der Waals surface area contributed by atoms with Crippen LogP contribution in [0.1, 0.15) is 86.6 Å². The Balaban J connectivity index is 1.25. The maximum Gasteiger partial charge on any atom is 0.306 e. The first-order chi connectivity index (χ1) is 22.6. The number of likely N-dealkylation sites (tertiary alicyclic amines) is 1. The summed E-state index contributed by atoms with van der Waals surface area (Å²) >= 11 is 6.61. The molecule has 1 amide bonds. The zero-order valence-corrected chi connectivity index (χ0v) is 27.6. The SMILES string of the molecule is Cn1cc(C(=O)Nc2cc(F)c(CC(=O)C(OC3CCCCC3)(OC3CCC(C(=O)O)CC3)N3CCCC3)cc2Cl)c2ccccc21. The fourth-order valence-electron chi connectivity index (χ4n) is 7.37. The number of carbonyl (C=O) groups excluding carboxylic acids is 2. The molecule has 1 aromatic heterocycles. The first-order valence-electron chi connectivity index (χ1n) is 16.8. The van der Waals surface area contributed by atoms with Crippen LogP contribution < -0.4 is 5.32 Å². The lowest BCUT2D eigenvalue weighted by atomic mass is 9.87. The maximum atomic E-state index is 15.8. The summed E-state index contributed by atoms with van der Waals surface area (Å²) in [4.78, 5) is 41.3. The molecular weight excluding hydrogens is 625 g/mol. The lowest BCUT2D eigenvalue weighted by Gasteiger charge is -2.45. The van der Waals surface area contributed by atoms with E-state index in [0.29, 0.717) is 44.3 Å². The van der Waals surface area contributed by atoms with Crippen LogP contribution in [0.15, 0.2) is 42.6 Å². The Bertz CT molecular complexity index is 1620. The van der Waals surface area contributed by atoms with E-state index in [9.17, 15) is 19.5 Å². The molecular formula is C36H43ClFN3O6. The Kier molecular flexibility index (Phi) is 10.3. The van der Waals surface area contributed by atoms with E-state index in [1.54, 1.807) is 6.20 Å². The quantitative estimate of drug-likeness (QED) is 0.210. The van der Waals surface area contributed by atoms with E-state index in [1.807, 2.05) is 40.8 Å². The number of nitrogens with one attached hydrogen (secondary N) is 1. The van der Waals surface area contributed by atoms with Crippen molar-refractivity contribution in [2.75, 3.05) is 18.4 Å². The van der Waals surface area contributed by atoms with E-state index >= 15 is 4.39 Å². The number of amides is 1. The number of carboxylic acids is 1. The van der Waals surface area contributed by atoms with Gasteiger partial charge in [-0.25, -0.2) is 9.29 Å². The van der Waals surface area contributed by atoms with Crippen LogP contribution in [0.5, 0.6) is 0 Å². The second kappa shape index (κ2) is 14.4. The Morgan fingerprint density at radius 2 is 1.62 bits per heavy atom. The number of aryl methyl sites for hydroxylation is 1. The fourth-order valence-corrected chi connectivity index (χ4v) is 7.61. The van der Waals surface area contributed by atoms with Crippen LogP contribution >= 0.6 is 11.6 Å². The predicted molar refractivity (Wildman–Crippen MR) is 177 cm³/mol. The summed E-state index contributed by atoms with van der Waals surface area (Å²) in [5.74, 6) is -4.46. The number of ether oxygens (including phenoxy) is 2. The van der Waals surface area contributed by atoms with Crippen LogP contribution in [0, 0.1) is 11.7 Å². The van der Waals surface area contributed by atoms with Crippen molar-refractivity contribution in [3.63, 3.8) is 0 Å². The molecule has 1 atom stereocenters. The number of hydrogen-bond acceptors (Lipinski definition) is 6. The molecule has 2 N–H and O–H groups in total. The molecule has 1 aliphatic heterocycles. The number of rotatable bonds is 11. The number of anilines is 1. The molecule has 2 aliphatic carbocycles. The summed E-state index contributed by atoms with van der Waals surface area (Å²) in [7, 11) is 1.85. The average molecular weight is 668 g/mol. The highest BCUT2D eigenvalue weighted by Crippen LogP contribution is 2.38. The molecule has 11 heteroatoms. The molecule has 6 rings (SSSR count). The number of para-hydroxylation sites is 1. The van der Waals surface area contributed by atoms with Crippen molar-refractivity contribution >= 4 is 45.9 Å². The number of ketones is 1. The summed E-state index contributed by atoms with van der Waals surface area (Å²) in [6.07, 6.45) is 9.25. The fraction of sp³-hybridized carbons (Fsp3) is 0.528. The Morgan fingerprint density at radius 3 is 2.30 bits per heavy atom. The predicted octanol–water partition coefficient (Wildman–Crippen LogP) is 7.09. The lowest BCUT2D eigenvalue weighted by molar-refractivity contribution is -0.328. The molecule has 2 heterocycles. The minimum Gasteiger partial charge on any atom is -0.481 e. The van der Waals surface area contributed by atoms with Crippen LogP contribution in [0.2, 0.25) is 5.02 Å². The Morgan fingerprint density at radius 1 is 0.957 bits per heavy atom. The molecule has 2 aromatic carbocycles. The monoisotopic (exact) mass is 667 g/mol. The molecule has 1 saturated heterocycles. The normalized spacial score (nSPS) is 22.3. The number of halogens is 2. The molecule has 0 radical (unpaired) electrons. The maximum absolute atomic E-state index is 15.8. The van der Waals surface area contributed by atoms with Gasteiger partial charge in [0, 0.05) is 43.7 Å². The third kappa shape index (κ3) is 7.26. The molecule has 9 nitrogen and oxygen atoms in total. The van der Waals surface area contributed by atoms with Gasteiger partial charge in [-0.15, -0.1) is 0 Å². The van der Waals surface area contributed by atoms with Gasteiger partial charge < -0.3 is 24.5 Å². The highest BCUT2D eigenvalue weighted by molar-refractivity contribution is 6.34. The van der Waals surface area contributed by atoms with Gasteiger partial charge in [0.25, 0.3) is 11.8 Å². The van der Waals surface area contributed by atoms with Crippen molar-refractivity contribution in [3.05, 3.63) is 64.6 Å². The molecule has 0 bridgehead atoms. The van der Waals surface area contributed by atoms with Gasteiger partial charge in [0.1, 0.15) is 5.82 Å². The van der Waals surface area contributed by atoms with Crippen LogP contribution in [0.3, 0.4) is 0 Å². The third-order valence-electron chi connectivity index (χ3n) is 9.98. The van der Waals surface area contributed by atoms with Crippen LogP contribution in [0.25, 0.3) is 10.9 Å². The topological polar surface area (TPSA) is 110 Å². The first kappa shape index (κ1) is 33.6. The van der Waals surface area contributed by atoms with E-state index in [4.69, 9.17) is 21.1 Å². The number of benzene rings is 2. The van der Waals surface area contributed by atoms with E-state index in [2.05, 4.69) is 5.32 Å². The second-order valence-electron chi connectivity index (χ2n) is 13.2. The van der Waals surface area contributed by atoms with Crippen LogP contribution in [-0.4, -0.2) is 63.4 Å². The molecule has 47 heavy (non-hydrogen) atoms. The second-order valence-corrected chi connectivity index (χ2v) is 13.6. The Hall–Kier alpha value is -3.31. The van der Waals surface area contributed by atoms with Gasteiger partial charge in [0.05, 0.1) is 34.4 Å². The van der Waals surface area contributed by atoms with E-state index in [-0.39, 0.29) is 34.9 Å². The number of carbonyl (C=O) groups is 3. The third-order valence-corrected chi connectivity index (χ3v) is 10.3. The van der Waals surface area contributed by atoms with Gasteiger partial charge in [-0.05, 0) is 75.1 Å². The number of fused-ring (bicyclic) bond motifs is 1. The summed E-state index contributed by atoms with van der Waals surface area (Å²) in [5, 5.41) is 13.1. The highest BCUT2D eigenvalue weighted by Gasteiger charge is 2.51. The number of Topliss-reactive ketones (excluding diaryl/α,β-unsaturated/α-hetero) is 1. The highest BCUT2D eigenvalue weighted by atomic mass is 35.5. The van der Waals surface area contributed by atoms with Gasteiger partial charge in [-0.1, -0.05) is 49.1 Å². The van der Waals surface area contributed by atoms with Crippen LogP contribution in [-0.2, 0) is 32.5 Å². The van der Waals surface area contributed by atoms with Gasteiger partial charge in [0.2, 0.25) is 5.78 Å². The molecule has 2 saturated carbocycles. The summed E-state index contributed by atoms with van der Waals surface area (Å²) in [6, 6.07) is 10.0. The van der Waals surface area contributed by atoms with Gasteiger partial charge in [-0.3, -0.25) is 14.4 Å². The van der Waals surface area contributed by atoms with Crippen LogP contribution in [0.4, 0.5) is 10.1 Å². The standard InChI is InChI=1S/C36H43ClFN3O6/c1-40-22-28(27-11-5-6-12-32(27)40)34(43)39-31-21-30(38)24(19-29(31)37)20-33(42)36(41-17-7-8-18-41,46-25-9-3-2-4-10-25)47-26-15-13-23(14-16-26)35(44)45/h5-6,11-12,19,21-23,25-26H,2-4,7-10,13-18,20H2,1H3,(H,39,43)(H,44,45). The minimum atomic E-state index is -1.71. The summed E-state index contributed by atoms with van der Waals surface area (Å²) in [6.45, 7) is 1.20. The largest absolute Gasteiger partial charge is 0.481 e. The van der Waals surface area contributed by atoms with Crippen molar-refractivity contribution < 1.29 is 33.4 Å². The molecule has 3 aliphatic rings. The van der Waals surface area contributed by atoms with Crippen molar-refractivity contribution in [3.8, 4) is 0 Å². The van der Waals surface area contributed by atoms with E-state index < -0.39 is 35.3 Å². The van der Waals surface area contributed by atoms with Gasteiger partial charge >= 0.3 is 5.97 Å². The number of aliphatic carboxylic acids is 1. The van der Waals surface area contributed by atoms with E-state index in [0.717, 1.165) is 61.9 Å². The zero-order chi connectivity index (χ0) is 33.1. The van der Waals surface area contributed by atoms with Gasteiger partial charge in [0.15, 0.2) is 0 Å². The molecule has 0 spiro atoms. The Labute approximate surface area is 279 Å². The average Bonchev–Trinajstić information content (AvgIpc) is 3.73. The number of aromatic nitrogens is 1. The number of hydrogen-bond donors (Lipinski definition) is 2. The molecule has 3 fully saturated rings. The van der Waals surface area contributed by atoms with Crippen molar-refractivity contribution in [1.82, 2.24) is 9.47 Å².